The van der Waals surface area contributed by atoms with Gasteiger partial charge < -0.3 is 5.32 Å². The fourth-order valence-electron chi connectivity index (χ4n) is 2.49. The Hall–Kier alpha value is -0.0800. The summed E-state index contributed by atoms with van der Waals surface area (Å²) in [5.41, 5.74) is 0.272. The van der Waals surface area contributed by atoms with Crippen LogP contribution in [0.2, 0.25) is 0 Å². The lowest BCUT2D eigenvalue weighted by molar-refractivity contribution is 0.0386. The Labute approximate surface area is 95.4 Å². The third-order valence-corrected chi connectivity index (χ3v) is 3.76. The third kappa shape index (κ3) is 3.18. The molecule has 2 heteroatoms. The van der Waals surface area contributed by atoms with E-state index in [1.54, 1.807) is 0 Å². The molecule has 15 heavy (non-hydrogen) atoms. The second kappa shape index (κ2) is 4.84. The lowest BCUT2D eigenvalue weighted by Gasteiger charge is -2.48. The van der Waals surface area contributed by atoms with E-state index >= 15 is 0 Å². The van der Waals surface area contributed by atoms with E-state index in [-0.39, 0.29) is 5.54 Å². The molecule has 1 fully saturated rings. The minimum absolute atomic E-state index is 0.272. The third-order valence-electron chi connectivity index (χ3n) is 3.76. The maximum atomic E-state index is 3.67. The number of hydrogen-bond donors (Lipinski definition) is 1. The first-order valence-electron chi connectivity index (χ1n) is 6.38. The molecule has 0 aromatic rings. The first-order valence-corrected chi connectivity index (χ1v) is 6.38. The number of nitrogens with zero attached hydrogens (tertiary/aromatic N) is 1. The highest BCUT2D eigenvalue weighted by atomic mass is 15.3. The van der Waals surface area contributed by atoms with Crippen molar-refractivity contribution in [3.05, 3.63) is 0 Å². The Morgan fingerprint density at radius 3 is 2.40 bits per heavy atom. The van der Waals surface area contributed by atoms with Crippen LogP contribution in [0.3, 0.4) is 0 Å². The van der Waals surface area contributed by atoms with E-state index in [2.05, 4.69) is 51.8 Å². The van der Waals surface area contributed by atoms with E-state index in [9.17, 15) is 0 Å². The molecule has 2 unspecified atom stereocenters. The molecule has 2 nitrogen and oxygen atoms in total. The van der Waals surface area contributed by atoms with Gasteiger partial charge in [0.25, 0.3) is 0 Å². The molecule has 2 atom stereocenters. The summed E-state index contributed by atoms with van der Waals surface area (Å²) in [4.78, 5) is 2.67. The number of hydrogen-bond acceptors (Lipinski definition) is 2. The van der Waals surface area contributed by atoms with Crippen LogP contribution in [0.15, 0.2) is 0 Å². The van der Waals surface area contributed by atoms with Crippen molar-refractivity contribution >= 4 is 0 Å². The molecule has 1 heterocycles. The number of nitrogens with one attached hydrogen (secondary N) is 1. The molecular formula is C13H28N2. The fraction of sp³-hybridized carbons (Fsp3) is 1.00. The Balaban J connectivity index is 2.72. The van der Waals surface area contributed by atoms with Crippen LogP contribution in [-0.2, 0) is 0 Å². The van der Waals surface area contributed by atoms with Gasteiger partial charge in [0.15, 0.2) is 0 Å². The van der Waals surface area contributed by atoms with Gasteiger partial charge in [-0.1, -0.05) is 20.3 Å². The van der Waals surface area contributed by atoms with E-state index in [1.165, 1.54) is 13.0 Å². The van der Waals surface area contributed by atoms with Crippen molar-refractivity contribution in [1.29, 1.82) is 0 Å². The zero-order chi connectivity index (χ0) is 11.6. The zero-order valence-electron chi connectivity index (χ0n) is 11.3. The van der Waals surface area contributed by atoms with Gasteiger partial charge in [0.2, 0.25) is 0 Å². The highest BCUT2D eigenvalue weighted by molar-refractivity contribution is 4.94. The summed E-state index contributed by atoms with van der Waals surface area (Å²) in [5.74, 6) is 0.788. The molecule has 0 saturated carbocycles. The standard InChI is InChI=1S/C13H28N2/c1-7-11(4)12-8-14-13(5,6)9-15(12)10(2)3/h10-12,14H,7-9H2,1-6H3. The van der Waals surface area contributed by atoms with Crippen LogP contribution in [0.5, 0.6) is 0 Å². The van der Waals surface area contributed by atoms with Crippen molar-refractivity contribution in [2.75, 3.05) is 13.1 Å². The van der Waals surface area contributed by atoms with Crippen molar-refractivity contribution in [2.45, 2.75) is 65.6 Å². The number of piperazine rings is 1. The maximum Gasteiger partial charge on any atom is 0.0253 e. The number of rotatable bonds is 3. The summed E-state index contributed by atoms with van der Waals surface area (Å²) in [6, 6.07) is 1.37. The summed E-state index contributed by atoms with van der Waals surface area (Å²) >= 11 is 0. The van der Waals surface area contributed by atoms with Crippen molar-refractivity contribution in [3.8, 4) is 0 Å². The van der Waals surface area contributed by atoms with Gasteiger partial charge in [-0.05, 0) is 33.6 Å². The molecule has 0 aromatic carbocycles. The fourth-order valence-corrected chi connectivity index (χ4v) is 2.49. The molecule has 0 spiro atoms. The van der Waals surface area contributed by atoms with Gasteiger partial charge in [-0.15, -0.1) is 0 Å². The largest absolute Gasteiger partial charge is 0.309 e. The van der Waals surface area contributed by atoms with Crippen LogP contribution in [-0.4, -0.2) is 35.6 Å². The predicted octanol–water partition coefficient (Wildman–Crippen LogP) is 2.49. The smallest absolute Gasteiger partial charge is 0.0253 e. The molecule has 0 amide bonds. The Kier molecular flexibility index (Phi) is 4.19. The average Bonchev–Trinajstić information content (AvgIpc) is 2.15. The summed E-state index contributed by atoms with van der Waals surface area (Å²) in [6.45, 7) is 16.2. The Bertz CT molecular complexity index is 199. The van der Waals surface area contributed by atoms with E-state index in [0.29, 0.717) is 12.1 Å². The van der Waals surface area contributed by atoms with Gasteiger partial charge >= 0.3 is 0 Å². The molecule has 0 aromatic heterocycles. The summed E-state index contributed by atoms with van der Waals surface area (Å²) in [7, 11) is 0. The summed E-state index contributed by atoms with van der Waals surface area (Å²) < 4.78 is 0. The second-order valence-electron chi connectivity index (χ2n) is 5.98. The lowest BCUT2D eigenvalue weighted by atomic mass is 9.90. The van der Waals surface area contributed by atoms with Crippen molar-refractivity contribution in [3.63, 3.8) is 0 Å². The van der Waals surface area contributed by atoms with Gasteiger partial charge in [-0.3, -0.25) is 4.90 Å². The van der Waals surface area contributed by atoms with E-state index in [4.69, 9.17) is 0 Å². The van der Waals surface area contributed by atoms with Crippen molar-refractivity contribution < 1.29 is 0 Å². The van der Waals surface area contributed by atoms with Crippen LogP contribution in [0.25, 0.3) is 0 Å². The highest BCUT2D eigenvalue weighted by Crippen LogP contribution is 2.23. The summed E-state index contributed by atoms with van der Waals surface area (Å²) in [6.07, 6.45) is 1.27. The van der Waals surface area contributed by atoms with Crippen LogP contribution in [0, 0.1) is 5.92 Å². The monoisotopic (exact) mass is 212 g/mol. The maximum absolute atomic E-state index is 3.67. The molecule has 1 aliphatic rings. The molecule has 1 aliphatic heterocycles. The highest BCUT2D eigenvalue weighted by Gasteiger charge is 2.35. The van der Waals surface area contributed by atoms with E-state index in [1.807, 2.05) is 0 Å². The SMILES string of the molecule is CCC(C)C1CNC(C)(C)CN1C(C)C. The average molecular weight is 212 g/mol. The predicted molar refractivity (Wildman–Crippen MR) is 67.2 cm³/mol. The molecule has 0 radical (unpaired) electrons. The minimum Gasteiger partial charge on any atom is -0.309 e. The van der Waals surface area contributed by atoms with E-state index < -0.39 is 0 Å². The van der Waals surface area contributed by atoms with Crippen molar-refractivity contribution in [1.82, 2.24) is 10.2 Å². The molecule has 1 N–H and O–H groups in total. The van der Waals surface area contributed by atoms with Gasteiger partial charge in [-0.2, -0.15) is 0 Å². The Morgan fingerprint density at radius 1 is 1.33 bits per heavy atom. The minimum atomic E-state index is 0.272. The van der Waals surface area contributed by atoms with E-state index in [0.717, 1.165) is 12.5 Å². The molecular weight excluding hydrogens is 184 g/mol. The molecule has 1 rings (SSSR count). The first kappa shape index (κ1) is 13.0. The Morgan fingerprint density at radius 2 is 1.93 bits per heavy atom. The summed E-state index contributed by atoms with van der Waals surface area (Å²) in [5, 5.41) is 3.67. The van der Waals surface area contributed by atoms with Crippen LogP contribution < -0.4 is 5.32 Å². The van der Waals surface area contributed by atoms with Crippen molar-refractivity contribution in [2.24, 2.45) is 5.92 Å². The molecule has 90 valence electrons. The molecule has 1 saturated heterocycles. The van der Waals surface area contributed by atoms with Gasteiger partial charge in [0.05, 0.1) is 0 Å². The lowest BCUT2D eigenvalue weighted by Crippen LogP contribution is -2.64. The van der Waals surface area contributed by atoms with Crippen LogP contribution in [0.4, 0.5) is 0 Å². The van der Waals surface area contributed by atoms with Gasteiger partial charge in [0, 0.05) is 30.7 Å². The molecule has 0 bridgehead atoms. The topological polar surface area (TPSA) is 15.3 Å². The van der Waals surface area contributed by atoms with Crippen LogP contribution >= 0.6 is 0 Å². The quantitative estimate of drug-likeness (QED) is 0.773. The normalized spacial score (nSPS) is 29.4. The molecule has 0 aliphatic carbocycles. The van der Waals surface area contributed by atoms with Crippen LogP contribution in [0.1, 0.15) is 48.0 Å². The second-order valence-corrected chi connectivity index (χ2v) is 5.98. The van der Waals surface area contributed by atoms with Gasteiger partial charge in [0.1, 0.15) is 0 Å². The van der Waals surface area contributed by atoms with Gasteiger partial charge in [-0.25, -0.2) is 0 Å². The first-order chi connectivity index (χ1) is 6.87. The zero-order valence-corrected chi connectivity index (χ0v) is 11.3.